The monoisotopic (exact) mass is 604 g/mol. The van der Waals surface area contributed by atoms with Crippen LogP contribution in [-0.2, 0) is 0 Å². The smallest absolute Gasteiger partial charge is 0.145 e. The van der Waals surface area contributed by atoms with E-state index in [0.717, 1.165) is 62.2 Å². The lowest BCUT2D eigenvalue weighted by molar-refractivity contribution is 1.10. The minimum Gasteiger partial charge on any atom is -0.311 e. The molecule has 0 aliphatic carbocycles. The standard InChI is InChI=1S/C43H32N4/c1-5-15-34(16-6-1)45(35-17-7-2-8-18-35)39-29-31-40(32-30-39)46(36-19-9-3-10-20-36)38-27-25-33(26-28-38)43-44-41-23-13-14-24-42(41)47(43)37-21-11-4-12-22-37/h1-32H. The van der Waals surface area contributed by atoms with Gasteiger partial charge in [0.1, 0.15) is 5.82 Å². The Morgan fingerprint density at radius 3 is 1.17 bits per heavy atom. The fourth-order valence-corrected chi connectivity index (χ4v) is 6.19. The first-order valence-electron chi connectivity index (χ1n) is 15.8. The third kappa shape index (κ3) is 5.54. The molecular formula is C43H32N4. The maximum absolute atomic E-state index is 5.07. The zero-order chi connectivity index (χ0) is 31.4. The number of imidazole rings is 1. The molecule has 0 spiro atoms. The zero-order valence-electron chi connectivity index (χ0n) is 25.8. The maximum atomic E-state index is 5.07. The predicted octanol–water partition coefficient (Wildman–Crippen LogP) is 11.6. The van der Waals surface area contributed by atoms with Gasteiger partial charge in [0.15, 0.2) is 0 Å². The Balaban J connectivity index is 1.18. The van der Waals surface area contributed by atoms with Gasteiger partial charge in [-0.3, -0.25) is 4.57 Å². The summed E-state index contributed by atoms with van der Waals surface area (Å²) in [6.07, 6.45) is 0. The molecule has 1 aromatic heterocycles. The summed E-state index contributed by atoms with van der Waals surface area (Å²) in [6.45, 7) is 0. The Morgan fingerprint density at radius 2 is 0.702 bits per heavy atom. The molecule has 0 saturated heterocycles. The van der Waals surface area contributed by atoms with Crippen LogP contribution in [0.25, 0.3) is 28.1 Å². The number of hydrogen-bond acceptors (Lipinski definition) is 3. The summed E-state index contributed by atoms with van der Waals surface area (Å²) in [6, 6.07) is 67.8. The molecule has 224 valence electrons. The van der Waals surface area contributed by atoms with E-state index in [0.29, 0.717) is 0 Å². The second kappa shape index (κ2) is 12.5. The van der Waals surface area contributed by atoms with Gasteiger partial charge in [-0.15, -0.1) is 0 Å². The molecule has 1 heterocycles. The topological polar surface area (TPSA) is 24.3 Å². The lowest BCUT2D eigenvalue weighted by Crippen LogP contribution is -2.12. The Bertz CT molecular complexity index is 2170. The van der Waals surface area contributed by atoms with Crippen molar-refractivity contribution < 1.29 is 0 Å². The second-order valence-corrected chi connectivity index (χ2v) is 11.3. The third-order valence-electron chi connectivity index (χ3n) is 8.37. The van der Waals surface area contributed by atoms with Crippen LogP contribution in [0.5, 0.6) is 0 Å². The van der Waals surface area contributed by atoms with Gasteiger partial charge in [0.25, 0.3) is 0 Å². The SMILES string of the molecule is c1ccc(N(c2ccccc2)c2ccc(N(c3ccccc3)c3ccc(-c4nc5ccccc5n4-c4ccccc4)cc3)cc2)cc1. The van der Waals surface area contributed by atoms with Gasteiger partial charge in [-0.1, -0.05) is 84.9 Å². The number of aromatic nitrogens is 2. The molecule has 0 aliphatic heterocycles. The number of hydrogen-bond donors (Lipinski definition) is 0. The van der Waals surface area contributed by atoms with Crippen molar-refractivity contribution in [1.82, 2.24) is 9.55 Å². The summed E-state index contributed by atoms with van der Waals surface area (Å²) in [5, 5.41) is 0. The summed E-state index contributed by atoms with van der Waals surface area (Å²) < 4.78 is 2.24. The van der Waals surface area contributed by atoms with E-state index in [2.05, 4.69) is 196 Å². The van der Waals surface area contributed by atoms with Crippen LogP contribution in [0.15, 0.2) is 194 Å². The predicted molar refractivity (Wildman–Crippen MR) is 196 cm³/mol. The van der Waals surface area contributed by atoms with Crippen LogP contribution < -0.4 is 9.80 Å². The van der Waals surface area contributed by atoms with Crippen molar-refractivity contribution in [3.63, 3.8) is 0 Å². The number of rotatable bonds is 8. The van der Waals surface area contributed by atoms with Crippen LogP contribution in [0, 0.1) is 0 Å². The summed E-state index contributed by atoms with van der Waals surface area (Å²) >= 11 is 0. The highest BCUT2D eigenvalue weighted by Gasteiger charge is 2.18. The third-order valence-corrected chi connectivity index (χ3v) is 8.37. The number of anilines is 6. The quantitative estimate of drug-likeness (QED) is 0.172. The van der Waals surface area contributed by atoms with E-state index in [1.54, 1.807) is 0 Å². The molecule has 4 nitrogen and oxygen atoms in total. The van der Waals surface area contributed by atoms with E-state index in [9.17, 15) is 0 Å². The van der Waals surface area contributed by atoms with E-state index >= 15 is 0 Å². The molecule has 0 bridgehead atoms. The summed E-state index contributed by atoms with van der Waals surface area (Å²) in [7, 11) is 0. The van der Waals surface area contributed by atoms with E-state index in [4.69, 9.17) is 4.98 Å². The molecule has 8 rings (SSSR count). The van der Waals surface area contributed by atoms with Crippen LogP contribution in [0.3, 0.4) is 0 Å². The average Bonchev–Trinajstić information content (AvgIpc) is 3.54. The summed E-state index contributed by atoms with van der Waals surface area (Å²) in [5.41, 5.74) is 10.8. The zero-order valence-corrected chi connectivity index (χ0v) is 25.8. The minimum atomic E-state index is 0.918. The molecule has 0 amide bonds. The molecular weight excluding hydrogens is 573 g/mol. The average molecular weight is 605 g/mol. The normalized spacial score (nSPS) is 11.0. The molecule has 0 unspecified atom stereocenters. The van der Waals surface area contributed by atoms with Crippen molar-refractivity contribution in [2.24, 2.45) is 0 Å². The molecule has 8 aromatic rings. The molecule has 47 heavy (non-hydrogen) atoms. The molecule has 4 heteroatoms. The van der Waals surface area contributed by atoms with Gasteiger partial charge in [0, 0.05) is 45.4 Å². The van der Waals surface area contributed by atoms with E-state index in [1.807, 2.05) is 12.1 Å². The number of benzene rings is 7. The number of fused-ring (bicyclic) bond motifs is 1. The van der Waals surface area contributed by atoms with Crippen LogP contribution in [0.4, 0.5) is 34.1 Å². The highest BCUT2D eigenvalue weighted by molar-refractivity contribution is 5.85. The molecule has 0 fully saturated rings. The lowest BCUT2D eigenvalue weighted by Gasteiger charge is -2.28. The van der Waals surface area contributed by atoms with Crippen LogP contribution >= 0.6 is 0 Å². The molecule has 0 radical (unpaired) electrons. The van der Waals surface area contributed by atoms with Gasteiger partial charge in [-0.2, -0.15) is 0 Å². The van der Waals surface area contributed by atoms with Crippen molar-refractivity contribution in [2.75, 3.05) is 9.80 Å². The van der Waals surface area contributed by atoms with Crippen molar-refractivity contribution >= 4 is 45.2 Å². The first-order valence-corrected chi connectivity index (χ1v) is 15.8. The van der Waals surface area contributed by atoms with E-state index in [-0.39, 0.29) is 0 Å². The number of nitrogens with zero attached hydrogens (tertiary/aromatic N) is 4. The van der Waals surface area contributed by atoms with Crippen molar-refractivity contribution in [3.8, 4) is 17.1 Å². The van der Waals surface area contributed by atoms with Crippen LogP contribution in [0.2, 0.25) is 0 Å². The molecule has 0 N–H and O–H groups in total. The van der Waals surface area contributed by atoms with E-state index in [1.165, 1.54) is 0 Å². The van der Waals surface area contributed by atoms with Gasteiger partial charge >= 0.3 is 0 Å². The van der Waals surface area contributed by atoms with Crippen LogP contribution in [-0.4, -0.2) is 9.55 Å². The Kier molecular flexibility index (Phi) is 7.50. The van der Waals surface area contributed by atoms with Gasteiger partial charge < -0.3 is 9.80 Å². The fraction of sp³-hybridized carbons (Fsp3) is 0. The Hall–Kier alpha value is -6.39. The van der Waals surface area contributed by atoms with Gasteiger partial charge in [-0.25, -0.2) is 4.98 Å². The maximum Gasteiger partial charge on any atom is 0.145 e. The highest BCUT2D eigenvalue weighted by Crippen LogP contribution is 2.39. The molecule has 7 aromatic carbocycles. The molecule has 0 saturated carbocycles. The van der Waals surface area contributed by atoms with Gasteiger partial charge in [-0.05, 0) is 109 Å². The van der Waals surface area contributed by atoms with Gasteiger partial charge in [0.05, 0.1) is 11.0 Å². The van der Waals surface area contributed by atoms with Crippen LogP contribution in [0.1, 0.15) is 0 Å². The minimum absolute atomic E-state index is 0.918. The van der Waals surface area contributed by atoms with Crippen molar-refractivity contribution in [1.29, 1.82) is 0 Å². The van der Waals surface area contributed by atoms with Crippen molar-refractivity contribution in [2.45, 2.75) is 0 Å². The first kappa shape index (κ1) is 28.1. The van der Waals surface area contributed by atoms with Gasteiger partial charge in [0.2, 0.25) is 0 Å². The van der Waals surface area contributed by atoms with Crippen molar-refractivity contribution in [3.05, 3.63) is 194 Å². The lowest BCUT2D eigenvalue weighted by atomic mass is 10.1. The summed E-state index contributed by atoms with van der Waals surface area (Å²) in [4.78, 5) is 9.65. The summed E-state index contributed by atoms with van der Waals surface area (Å²) in [5.74, 6) is 0.918. The first-order chi connectivity index (χ1) is 23.3. The number of para-hydroxylation sites is 6. The Morgan fingerprint density at radius 1 is 0.340 bits per heavy atom. The highest BCUT2D eigenvalue weighted by atomic mass is 15.2. The molecule has 0 aliphatic rings. The largest absolute Gasteiger partial charge is 0.311 e. The fourth-order valence-electron chi connectivity index (χ4n) is 6.19. The molecule has 0 atom stereocenters. The van der Waals surface area contributed by atoms with E-state index < -0.39 is 0 Å². The Labute approximate surface area is 275 Å². The second-order valence-electron chi connectivity index (χ2n) is 11.3.